The van der Waals surface area contributed by atoms with Crippen LogP contribution >= 0.6 is 0 Å². The lowest BCUT2D eigenvalue weighted by Crippen LogP contribution is -2.47. The summed E-state index contributed by atoms with van der Waals surface area (Å²) in [6, 6.07) is -0.953. The van der Waals surface area contributed by atoms with Gasteiger partial charge in [0.15, 0.2) is 5.78 Å². The largest absolute Gasteiger partial charge is 0.396 e. The summed E-state index contributed by atoms with van der Waals surface area (Å²) in [5.74, 6) is -0.236. The molecule has 0 heterocycles. The molecule has 0 fully saturated rings. The predicted octanol–water partition coefficient (Wildman–Crippen LogP) is 13.8. The maximum atomic E-state index is 12.5. The first-order chi connectivity index (χ1) is 26.0. The number of aliphatic hydroxyl groups excluding tert-OH is 3. The molecule has 0 aliphatic rings. The van der Waals surface area contributed by atoms with E-state index in [0.29, 0.717) is 13.0 Å². The van der Waals surface area contributed by atoms with Gasteiger partial charge in [-0.2, -0.15) is 0 Å². The van der Waals surface area contributed by atoms with Crippen molar-refractivity contribution in [2.45, 2.75) is 282 Å². The van der Waals surface area contributed by atoms with Gasteiger partial charge in [0.1, 0.15) is 6.10 Å². The van der Waals surface area contributed by atoms with E-state index in [1.54, 1.807) is 6.08 Å². The van der Waals surface area contributed by atoms with Gasteiger partial charge < -0.3 is 21.1 Å². The zero-order valence-electron chi connectivity index (χ0n) is 35.7. The fourth-order valence-corrected chi connectivity index (χ4v) is 7.67. The number of hydrogen-bond donors (Lipinski definition) is 4. The lowest BCUT2D eigenvalue weighted by molar-refractivity contribution is -0.129. The van der Waals surface area contributed by atoms with E-state index in [1.807, 2.05) is 6.08 Å². The molecule has 0 aromatic heterocycles. The molecule has 0 bridgehead atoms. The minimum absolute atomic E-state index is 0.236. The molecule has 0 saturated heterocycles. The predicted molar refractivity (Wildman–Crippen MR) is 232 cm³/mol. The summed E-state index contributed by atoms with van der Waals surface area (Å²) in [6.45, 7) is 2.62. The molecular weight excluding hydrogens is 655 g/mol. The Bertz CT molecular complexity index is 743. The first kappa shape index (κ1) is 52.2. The van der Waals surface area contributed by atoms with Crippen LogP contribution in [0.4, 0.5) is 0 Å². The Kier molecular flexibility index (Phi) is 43.3. The fourth-order valence-electron chi connectivity index (χ4n) is 7.67. The zero-order valence-corrected chi connectivity index (χ0v) is 35.7. The van der Waals surface area contributed by atoms with E-state index >= 15 is 0 Å². The first-order valence-corrected chi connectivity index (χ1v) is 24.0. The molecule has 0 amide bonds. The van der Waals surface area contributed by atoms with Crippen LogP contribution in [0.25, 0.3) is 0 Å². The van der Waals surface area contributed by atoms with Gasteiger partial charge in [-0.15, -0.1) is 0 Å². The van der Waals surface area contributed by atoms with Crippen LogP contribution in [0.1, 0.15) is 264 Å². The smallest absolute Gasteiger partial charge is 0.162 e. The Morgan fingerprint density at radius 3 is 1.06 bits per heavy atom. The van der Waals surface area contributed by atoms with Gasteiger partial charge in [-0.25, -0.2) is 0 Å². The van der Waals surface area contributed by atoms with Gasteiger partial charge in [0.2, 0.25) is 0 Å². The third kappa shape index (κ3) is 39.3. The normalized spacial score (nSPS) is 13.6. The molecule has 316 valence electrons. The second-order valence-electron chi connectivity index (χ2n) is 16.8. The number of allylic oxidation sites excluding steroid dienone is 1. The molecule has 5 N–H and O–H groups in total. The molecule has 0 aliphatic heterocycles. The van der Waals surface area contributed by atoms with Crippen LogP contribution in [0.5, 0.6) is 0 Å². The third-order valence-corrected chi connectivity index (χ3v) is 11.5. The third-order valence-electron chi connectivity index (χ3n) is 11.5. The number of unbranched alkanes of at least 4 members (excludes halogenated alkanes) is 37. The molecule has 5 heteroatoms. The minimum atomic E-state index is -1.29. The summed E-state index contributed by atoms with van der Waals surface area (Å²) in [7, 11) is 0. The molecule has 0 aliphatic carbocycles. The number of Topliss-reactive ketones (excluding diaryl/α,β-unsaturated/α-hetero) is 1. The van der Waals surface area contributed by atoms with Crippen molar-refractivity contribution in [1.82, 2.24) is 0 Å². The van der Waals surface area contributed by atoms with Crippen molar-refractivity contribution in [1.29, 1.82) is 0 Å². The van der Waals surface area contributed by atoms with Gasteiger partial charge in [0.25, 0.3) is 0 Å². The summed E-state index contributed by atoms with van der Waals surface area (Å²) in [4.78, 5) is 12.5. The molecule has 1 unspecified atom stereocenters. The highest BCUT2D eigenvalue weighted by Gasteiger charge is 2.26. The Morgan fingerprint density at radius 1 is 0.453 bits per heavy atom. The van der Waals surface area contributed by atoms with Crippen LogP contribution in [-0.4, -0.2) is 46.0 Å². The van der Waals surface area contributed by atoms with Gasteiger partial charge in [-0.05, 0) is 25.7 Å². The highest BCUT2D eigenvalue weighted by atomic mass is 16.3. The number of aliphatic hydroxyl groups is 3. The number of ketones is 1. The SMILES string of the molecule is CCCCCCCCCCCCC/C=C/[C@@H](O)[C@H](N)C(O)C(=O)CCCCCCCCCCCCCCCCCCCCCCCCCCCCCO. The van der Waals surface area contributed by atoms with Crippen molar-refractivity contribution in [2.24, 2.45) is 5.73 Å². The molecule has 0 saturated carbocycles. The summed E-state index contributed by atoms with van der Waals surface area (Å²) < 4.78 is 0. The van der Waals surface area contributed by atoms with E-state index in [1.165, 1.54) is 212 Å². The highest BCUT2D eigenvalue weighted by Crippen LogP contribution is 2.17. The summed E-state index contributed by atoms with van der Waals surface area (Å²) >= 11 is 0. The van der Waals surface area contributed by atoms with E-state index < -0.39 is 18.2 Å². The van der Waals surface area contributed by atoms with Crippen molar-refractivity contribution in [3.63, 3.8) is 0 Å². The Labute approximate surface area is 331 Å². The summed E-state index contributed by atoms with van der Waals surface area (Å²) in [5, 5.41) is 29.6. The highest BCUT2D eigenvalue weighted by molar-refractivity contribution is 5.83. The van der Waals surface area contributed by atoms with Gasteiger partial charge in [-0.3, -0.25) is 4.79 Å². The van der Waals surface area contributed by atoms with Crippen molar-refractivity contribution < 1.29 is 20.1 Å². The van der Waals surface area contributed by atoms with Gasteiger partial charge in [0.05, 0.1) is 12.1 Å². The van der Waals surface area contributed by atoms with E-state index in [9.17, 15) is 15.0 Å². The molecule has 53 heavy (non-hydrogen) atoms. The van der Waals surface area contributed by atoms with Gasteiger partial charge in [0, 0.05) is 13.0 Å². The first-order valence-electron chi connectivity index (χ1n) is 24.0. The van der Waals surface area contributed by atoms with E-state index in [-0.39, 0.29) is 5.78 Å². The van der Waals surface area contributed by atoms with Crippen molar-refractivity contribution in [3.05, 3.63) is 12.2 Å². The molecule has 0 radical (unpaired) electrons. The zero-order chi connectivity index (χ0) is 38.7. The van der Waals surface area contributed by atoms with E-state index in [2.05, 4.69) is 6.92 Å². The standard InChI is InChI=1S/C48H95NO4/c1-2-3-4-5-6-7-8-24-27-30-33-36-39-42-45(51)47(49)48(53)46(52)43-40-37-34-31-28-25-22-20-18-16-14-12-10-9-11-13-15-17-19-21-23-26-29-32-35-38-41-44-50/h39,42,45,47-48,50-51,53H,2-38,40-41,43-44,49H2,1H3/b42-39+/t45-,47+,48?/m1/s1. The minimum Gasteiger partial charge on any atom is -0.396 e. The molecule has 0 spiro atoms. The van der Waals surface area contributed by atoms with Crippen LogP contribution in [0, 0.1) is 0 Å². The van der Waals surface area contributed by atoms with Crippen LogP contribution in [-0.2, 0) is 4.79 Å². The second-order valence-corrected chi connectivity index (χ2v) is 16.8. The maximum absolute atomic E-state index is 12.5. The lowest BCUT2D eigenvalue weighted by atomic mass is 9.97. The number of hydrogen-bond acceptors (Lipinski definition) is 5. The topological polar surface area (TPSA) is 104 Å². The van der Waals surface area contributed by atoms with Gasteiger partial charge in [-0.1, -0.05) is 244 Å². The molecule has 3 atom stereocenters. The average molecular weight is 750 g/mol. The lowest BCUT2D eigenvalue weighted by Gasteiger charge is -2.21. The number of carbonyl (C=O) groups is 1. The summed E-state index contributed by atoms with van der Waals surface area (Å²) in [5.41, 5.74) is 6.03. The fraction of sp³-hybridized carbons (Fsp3) is 0.938. The van der Waals surface area contributed by atoms with Crippen molar-refractivity contribution in [2.75, 3.05) is 6.61 Å². The van der Waals surface area contributed by atoms with Crippen LogP contribution in [0.2, 0.25) is 0 Å². The summed E-state index contributed by atoms with van der Waals surface area (Å²) in [6.07, 6.45) is 52.7. The number of carbonyl (C=O) groups excluding carboxylic acids is 1. The molecule has 0 rings (SSSR count). The second kappa shape index (κ2) is 44.0. The molecule has 0 aromatic carbocycles. The monoisotopic (exact) mass is 750 g/mol. The van der Waals surface area contributed by atoms with Crippen molar-refractivity contribution >= 4 is 5.78 Å². The molecule has 0 aromatic rings. The molecule has 5 nitrogen and oxygen atoms in total. The Balaban J connectivity index is 3.43. The number of nitrogens with two attached hydrogens (primary N) is 1. The maximum Gasteiger partial charge on any atom is 0.162 e. The van der Waals surface area contributed by atoms with E-state index in [4.69, 9.17) is 10.8 Å². The molecular formula is C48H95NO4. The average Bonchev–Trinajstić information content (AvgIpc) is 3.16. The van der Waals surface area contributed by atoms with Crippen LogP contribution in [0.3, 0.4) is 0 Å². The number of rotatable bonds is 45. The van der Waals surface area contributed by atoms with Crippen LogP contribution in [0.15, 0.2) is 12.2 Å². The quantitative estimate of drug-likeness (QED) is 0.0367. The van der Waals surface area contributed by atoms with Crippen molar-refractivity contribution in [3.8, 4) is 0 Å². The Hall–Kier alpha value is -0.750. The van der Waals surface area contributed by atoms with Crippen LogP contribution < -0.4 is 5.73 Å². The van der Waals surface area contributed by atoms with Gasteiger partial charge >= 0.3 is 0 Å². The van der Waals surface area contributed by atoms with E-state index in [0.717, 1.165) is 38.5 Å². The Morgan fingerprint density at radius 2 is 0.736 bits per heavy atom.